The molecule has 2 heteroatoms. The van der Waals surface area contributed by atoms with Crippen molar-refractivity contribution in [1.82, 2.24) is 0 Å². The summed E-state index contributed by atoms with van der Waals surface area (Å²) in [6.45, 7) is 16.7. The molecule has 0 aliphatic rings. The normalized spacial score (nSPS) is 18.0. The monoisotopic (exact) mass is 202 g/mol. The summed E-state index contributed by atoms with van der Waals surface area (Å²) in [4.78, 5) is 11.0. The van der Waals surface area contributed by atoms with E-state index in [0.717, 1.165) is 6.42 Å². The van der Waals surface area contributed by atoms with Crippen molar-refractivity contribution in [2.75, 3.05) is 0 Å². The Kier molecular flexibility index (Phi) is 4.17. The fourth-order valence-corrected chi connectivity index (χ4v) is 0.931. The molecule has 0 fully saturated rings. The minimum Gasteiger partial charge on any atom is -0.230 e. The Morgan fingerprint density at radius 1 is 0.786 bits per heavy atom. The maximum absolute atomic E-state index is 5.61. The summed E-state index contributed by atoms with van der Waals surface area (Å²) in [5.41, 5.74) is -0.408. The van der Waals surface area contributed by atoms with Gasteiger partial charge in [0.15, 0.2) is 0 Å². The van der Waals surface area contributed by atoms with Gasteiger partial charge in [-0.25, -0.2) is 9.78 Å². The van der Waals surface area contributed by atoms with Crippen molar-refractivity contribution in [3.05, 3.63) is 0 Å². The van der Waals surface area contributed by atoms with Crippen LogP contribution in [0.1, 0.15) is 61.8 Å². The van der Waals surface area contributed by atoms with Crippen LogP contribution >= 0.6 is 0 Å². The molecule has 2 nitrogen and oxygen atoms in total. The molecule has 0 saturated heterocycles. The Bertz CT molecular complexity index is 174. The lowest BCUT2D eigenvalue weighted by atomic mass is 9.76. The second-order valence-corrected chi connectivity index (χ2v) is 6.11. The third-order valence-electron chi connectivity index (χ3n) is 2.74. The molecule has 0 aromatic rings. The van der Waals surface area contributed by atoms with Gasteiger partial charge in [-0.2, -0.15) is 0 Å². The van der Waals surface area contributed by atoms with E-state index in [9.17, 15) is 0 Å². The van der Waals surface area contributed by atoms with Crippen LogP contribution in [0, 0.1) is 5.41 Å². The first-order valence-corrected chi connectivity index (χ1v) is 5.39. The van der Waals surface area contributed by atoms with E-state index in [4.69, 9.17) is 9.78 Å². The average Bonchev–Trinajstić information content (AvgIpc) is 1.96. The summed E-state index contributed by atoms with van der Waals surface area (Å²) < 4.78 is 0. The molecule has 0 bridgehead atoms. The molecule has 0 radical (unpaired) electrons. The lowest BCUT2D eigenvalue weighted by Gasteiger charge is -2.41. The van der Waals surface area contributed by atoms with Gasteiger partial charge in [-0.05, 0) is 39.5 Å². The van der Waals surface area contributed by atoms with Crippen LogP contribution < -0.4 is 0 Å². The van der Waals surface area contributed by atoms with E-state index >= 15 is 0 Å². The first-order chi connectivity index (χ1) is 6.02. The average molecular weight is 202 g/mol. The fourth-order valence-electron chi connectivity index (χ4n) is 0.931. The second kappa shape index (κ2) is 4.19. The molecule has 86 valence electrons. The van der Waals surface area contributed by atoms with Crippen LogP contribution in [0.15, 0.2) is 0 Å². The van der Waals surface area contributed by atoms with Crippen molar-refractivity contribution in [3.8, 4) is 0 Å². The minimum absolute atomic E-state index is 0.0764. The zero-order chi connectivity index (χ0) is 11.6. The molecule has 0 spiro atoms. The van der Waals surface area contributed by atoms with Crippen molar-refractivity contribution in [2.45, 2.75) is 73.0 Å². The van der Waals surface area contributed by atoms with Crippen LogP contribution in [0.5, 0.6) is 0 Å². The maximum atomic E-state index is 5.61. The van der Waals surface area contributed by atoms with Crippen LogP contribution in [-0.2, 0) is 9.78 Å². The lowest BCUT2D eigenvalue weighted by Crippen LogP contribution is -2.43. The molecule has 0 rings (SSSR count). The SMILES string of the molecule is CCC(C)(OOC(C)(C)C)C(C)(C)C. The van der Waals surface area contributed by atoms with Crippen LogP contribution in [-0.4, -0.2) is 11.2 Å². The molecular formula is C12H26O2. The van der Waals surface area contributed by atoms with Gasteiger partial charge in [-0.1, -0.05) is 27.7 Å². The van der Waals surface area contributed by atoms with Crippen molar-refractivity contribution >= 4 is 0 Å². The zero-order valence-corrected chi connectivity index (χ0v) is 11.0. The van der Waals surface area contributed by atoms with Gasteiger partial charge in [0.1, 0.15) is 5.60 Å². The summed E-state index contributed by atoms with van der Waals surface area (Å²) in [5, 5.41) is 0. The summed E-state index contributed by atoms with van der Waals surface area (Å²) in [7, 11) is 0. The van der Waals surface area contributed by atoms with Crippen molar-refractivity contribution in [1.29, 1.82) is 0 Å². The standard InChI is InChI=1S/C12H26O2/c1-9-12(8,10(2,3)4)14-13-11(5,6)7/h9H2,1-8H3. The molecular weight excluding hydrogens is 176 g/mol. The van der Waals surface area contributed by atoms with Gasteiger partial charge in [0.2, 0.25) is 0 Å². The first-order valence-electron chi connectivity index (χ1n) is 5.39. The molecule has 0 saturated carbocycles. The van der Waals surface area contributed by atoms with E-state index < -0.39 is 0 Å². The van der Waals surface area contributed by atoms with Gasteiger partial charge in [-0.15, -0.1) is 0 Å². The minimum atomic E-state index is -0.248. The van der Waals surface area contributed by atoms with Gasteiger partial charge in [0, 0.05) is 0 Å². The van der Waals surface area contributed by atoms with E-state index in [1.165, 1.54) is 0 Å². The number of rotatable bonds is 3. The smallest absolute Gasteiger partial charge is 0.105 e. The van der Waals surface area contributed by atoms with Gasteiger partial charge < -0.3 is 0 Å². The van der Waals surface area contributed by atoms with Gasteiger partial charge >= 0.3 is 0 Å². The molecule has 1 unspecified atom stereocenters. The Balaban J connectivity index is 4.43. The van der Waals surface area contributed by atoms with Gasteiger partial charge in [-0.3, -0.25) is 0 Å². The maximum Gasteiger partial charge on any atom is 0.105 e. The Labute approximate surface area is 88.9 Å². The lowest BCUT2D eigenvalue weighted by molar-refractivity contribution is -0.417. The van der Waals surface area contributed by atoms with Crippen molar-refractivity contribution in [2.24, 2.45) is 5.41 Å². The van der Waals surface area contributed by atoms with E-state index in [-0.39, 0.29) is 16.6 Å². The van der Waals surface area contributed by atoms with Crippen LogP contribution in [0.3, 0.4) is 0 Å². The molecule has 1 atom stereocenters. The van der Waals surface area contributed by atoms with Crippen molar-refractivity contribution in [3.63, 3.8) is 0 Å². The Hall–Kier alpha value is -0.0800. The zero-order valence-electron chi connectivity index (χ0n) is 11.0. The van der Waals surface area contributed by atoms with Gasteiger partial charge in [0.25, 0.3) is 0 Å². The second-order valence-electron chi connectivity index (χ2n) is 6.11. The third-order valence-corrected chi connectivity index (χ3v) is 2.74. The predicted molar refractivity (Wildman–Crippen MR) is 60.1 cm³/mol. The summed E-state index contributed by atoms with van der Waals surface area (Å²) in [6.07, 6.45) is 0.937. The summed E-state index contributed by atoms with van der Waals surface area (Å²) in [6, 6.07) is 0. The number of hydrogen-bond acceptors (Lipinski definition) is 2. The van der Waals surface area contributed by atoms with Crippen molar-refractivity contribution < 1.29 is 9.78 Å². The van der Waals surface area contributed by atoms with E-state index in [0.29, 0.717) is 0 Å². The molecule has 0 N–H and O–H groups in total. The molecule has 0 aromatic carbocycles. The molecule has 0 aliphatic heterocycles. The topological polar surface area (TPSA) is 18.5 Å². The van der Waals surface area contributed by atoms with Crippen LogP contribution in [0.4, 0.5) is 0 Å². The molecule has 0 aliphatic carbocycles. The fraction of sp³-hybridized carbons (Fsp3) is 1.00. The molecule has 14 heavy (non-hydrogen) atoms. The highest BCUT2D eigenvalue weighted by atomic mass is 17.2. The van der Waals surface area contributed by atoms with Crippen LogP contribution in [0.2, 0.25) is 0 Å². The quantitative estimate of drug-likeness (QED) is 0.509. The summed E-state index contributed by atoms with van der Waals surface area (Å²) >= 11 is 0. The van der Waals surface area contributed by atoms with E-state index in [2.05, 4.69) is 34.6 Å². The highest BCUT2D eigenvalue weighted by molar-refractivity contribution is 4.86. The third kappa shape index (κ3) is 3.97. The molecule has 0 amide bonds. The number of hydrogen-bond donors (Lipinski definition) is 0. The first kappa shape index (κ1) is 13.9. The predicted octanol–water partition coefficient (Wildman–Crippen LogP) is 3.95. The van der Waals surface area contributed by atoms with E-state index in [1.807, 2.05) is 20.8 Å². The highest BCUT2D eigenvalue weighted by Gasteiger charge is 2.39. The molecule has 0 heterocycles. The summed E-state index contributed by atoms with van der Waals surface area (Å²) in [5.74, 6) is 0. The van der Waals surface area contributed by atoms with Crippen LogP contribution in [0.25, 0.3) is 0 Å². The largest absolute Gasteiger partial charge is 0.230 e. The Morgan fingerprint density at radius 3 is 1.43 bits per heavy atom. The highest BCUT2D eigenvalue weighted by Crippen LogP contribution is 2.37. The molecule has 0 aromatic heterocycles. The Morgan fingerprint density at radius 2 is 1.21 bits per heavy atom. The van der Waals surface area contributed by atoms with Gasteiger partial charge in [0.05, 0.1) is 5.60 Å². The van der Waals surface area contributed by atoms with E-state index in [1.54, 1.807) is 0 Å².